The molecule has 0 aliphatic rings. The monoisotopic (exact) mass is 446 g/mol. The van der Waals surface area contributed by atoms with E-state index in [4.69, 9.17) is 21.1 Å². The van der Waals surface area contributed by atoms with Crippen LogP contribution in [0.25, 0.3) is 6.08 Å². The number of hydrogen-bond acceptors (Lipinski definition) is 4. The van der Waals surface area contributed by atoms with Gasteiger partial charge in [0.2, 0.25) is 0 Å². The minimum absolute atomic E-state index is 0.0458. The van der Waals surface area contributed by atoms with Crippen molar-refractivity contribution in [1.29, 1.82) is 5.26 Å². The summed E-state index contributed by atoms with van der Waals surface area (Å²) in [6.07, 6.45) is 1.50. The highest BCUT2D eigenvalue weighted by Crippen LogP contribution is 2.33. The Kier molecular flexibility index (Phi) is 7.54. The normalized spacial score (nSPS) is 10.9. The lowest BCUT2D eigenvalue weighted by Crippen LogP contribution is -2.14. The van der Waals surface area contributed by atoms with Crippen LogP contribution in [0.4, 0.5) is 5.69 Å². The molecule has 3 aromatic carbocycles. The van der Waals surface area contributed by atoms with Crippen LogP contribution in [0, 0.1) is 25.2 Å². The molecule has 0 saturated carbocycles. The number of nitrogens with zero attached hydrogens (tertiary/aromatic N) is 1. The summed E-state index contributed by atoms with van der Waals surface area (Å²) < 4.78 is 11.4. The summed E-state index contributed by atoms with van der Waals surface area (Å²) in [7, 11) is 1.54. The predicted octanol–water partition coefficient (Wildman–Crippen LogP) is 6.09. The summed E-state index contributed by atoms with van der Waals surface area (Å²) in [5.74, 6) is 0.449. The highest BCUT2D eigenvalue weighted by Gasteiger charge is 2.15. The highest BCUT2D eigenvalue weighted by atomic mass is 35.5. The molecule has 0 bridgehead atoms. The van der Waals surface area contributed by atoms with Crippen molar-refractivity contribution in [2.24, 2.45) is 0 Å². The number of para-hydroxylation sites is 1. The molecule has 0 aliphatic heterocycles. The van der Waals surface area contributed by atoms with E-state index >= 15 is 0 Å². The van der Waals surface area contributed by atoms with Gasteiger partial charge in [0.25, 0.3) is 5.91 Å². The number of nitriles is 1. The Bertz CT molecular complexity index is 1190. The number of halogens is 1. The molecule has 1 amide bonds. The molecule has 0 atom stereocenters. The Morgan fingerprint density at radius 1 is 1.12 bits per heavy atom. The van der Waals surface area contributed by atoms with Crippen LogP contribution in [0.2, 0.25) is 5.02 Å². The lowest BCUT2D eigenvalue weighted by atomic mass is 10.1. The number of benzene rings is 3. The number of carbonyl (C=O) groups excluding carboxylic acids is 1. The molecule has 0 unspecified atom stereocenters. The largest absolute Gasteiger partial charge is 0.493 e. The molecule has 6 heteroatoms. The molecule has 0 radical (unpaired) electrons. The lowest BCUT2D eigenvalue weighted by Gasteiger charge is -2.14. The van der Waals surface area contributed by atoms with Crippen molar-refractivity contribution in [1.82, 2.24) is 0 Å². The molecule has 5 nitrogen and oxygen atoms in total. The first-order chi connectivity index (χ1) is 15.4. The van der Waals surface area contributed by atoms with Crippen molar-refractivity contribution in [2.45, 2.75) is 20.5 Å². The van der Waals surface area contributed by atoms with E-state index in [0.717, 1.165) is 16.7 Å². The van der Waals surface area contributed by atoms with Crippen molar-refractivity contribution in [3.8, 4) is 17.6 Å². The Morgan fingerprint density at radius 3 is 2.56 bits per heavy atom. The van der Waals surface area contributed by atoms with Gasteiger partial charge in [-0.05, 0) is 60.9 Å². The third kappa shape index (κ3) is 5.69. The van der Waals surface area contributed by atoms with E-state index in [-0.39, 0.29) is 12.2 Å². The van der Waals surface area contributed by atoms with E-state index in [1.54, 1.807) is 30.3 Å². The lowest BCUT2D eigenvalue weighted by molar-refractivity contribution is -0.112. The summed E-state index contributed by atoms with van der Waals surface area (Å²) in [6.45, 7) is 4.11. The van der Waals surface area contributed by atoms with Crippen molar-refractivity contribution < 1.29 is 14.3 Å². The SMILES string of the molecule is COc1cccc(/C=C(\C#N)C(=O)Nc2cc(C)ccc2C)c1OCc1ccc(Cl)cc1. The van der Waals surface area contributed by atoms with Gasteiger partial charge < -0.3 is 14.8 Å². The van der Waals surface area contributed by atoms with Crippen molar-refractivity contribution >= 4 is 29.3 Å². The van der Waals surface area contributed by atoms with Gasteiger partial charge in [-0.25, -0.2) is 0 Å². The van der Waals surface area contributed by atoms with Gasteiger partial charge in [-0.15, -0.1) is 0 Å². The van der Waals surface area contributed by atoms with E-state index in [2.05, 4.69) is 5.32 Å². The zero-order chi connectivity index (χ0) is 23.1. The average Bonchev–Trinajstić information content (AvgIpc) is 2.79. The van der Waals surface area contributed by atoms with Crippen molar-refractivity contribution in [3.05, 3.63) is 93.5 Å². The van der Waals surface area contributed by atoms with Gasteiger partial charge in [0.15, 0.2) is 11.5 Å². The van der Waals surface area contributed by atoms with E-state index < -0.39 is 5.91 Å². The van der Waals surface area contributed by atoms with E-state index in [0.29, 0.717) is 27.8 Å². The third-order valence-corrected chi connectivity index (χ3v) is 5.08. The number of methoxy groups -OCH3 is 1. The molecule has 3 rings (SSSR count). The van der Waals surface area contributed by atoms with E-state index in [9.17, 15) is 10.1 Å². The zero-order valence-corrected chi connectivity index (χ0v) is 18.9. The molecule has 162 valence electrons. The summed E-state index contributed by atoms with van der Waals surface area (Å²) in [4.78, 5) is 12.8. The molecule has 0 saturated heterocycles. The highest BCUT2D eigenvalue weighted by molar-refractivity contribution is 6.30. The fraction of sp³-hybridized carbons (Fsp3) is 0.154. The molecule has 0 fully saturated rings. The van der Waals surface area contributed by atoms with Crippen LogP contribution in [-0.4, -0.2) is 13.0 Å². The maximum atomic E-state index is 12.8. The van der Waals surface area contributed by atoms with Crippen LogP contribution >= 0.6 is 11.6 Å². The number of aryl methyl sites for hydroxylation is 2. The molecule has 0 spiro atoms. The van der Waals surface area contributed by atoms with Gasteiger partial charge in [-0.2, -0.15) is 5.26 Å². The maximum absolute atomic E-state index is 12.8. The number of anilines is 1. The fourth-order valence-electron chi connectivity index (χ4n) is 3.06. The van der Waals surface area contributed by atoms with Crippen LogP contribution in [0.1, 0.15) is 22.3 Å². The second kappa shape index (κ2) is 10.5. The molecule has 1 N–H and O–H groups in total. The zero-order valence-electron chi connectivity index (χ0n) is 18.1. The first-order valence-electron chi connectivity index (χ1n) is 9.96. The first kappa shape index (κ1) is 22.9. The smallest absolute Gasteiger partial charge is 0.266 e. The fourth-order valence-corrected chi connectivity index (χ4v) is 3.19. The third-order valence-electron chi connectivity index (χ3n) is 4.83. The Balaban J connectivity index is 1.89. The molecule has 0 heterocycles. The van der Waals surface area contributed by atoms with Gasteiger partial charge in [0.05, 0.1) is 7.11 Å². The van der Waals surface area contributed by atoms with Gasteiger partial charge >= 0.3 is 0 Å². The second-order valence-electron chi connectivity index (χ2n) is 7.24. The van der Waals surface area contributed by atoms with Crippen LogP contribution in [0.15, 0.2) is 66.2 Å². The standard InChI is InChI=1S/C26H23ClN2O3/c1-17-7-8-18(2)23(13-17)29-26(30)21(15-28)14-20-5-4-6-24(31-3)25(20)32-16-19-9-11-22(27)12-10-19/h4-14H,16H2,1-3H3,(H,29,30)/b21-14+. The molecular weight excluding hydrogens is 424 g/mol. The quantitative estimate of drug-likeness (QED) is 0.352. The van der Waals surface area contributed by atoms with Gasteiger partial charge in [-0.3, -0.25) is 4.79 Å². The number of hydrogen-bond donors (Lipinski definition) is 1. The predicted molar refractivity (Wildman–Crippen MR) is 127 cm³/mol. The minimum atomic E-state index is -0.493. The Labute approximate surface area is 192 Å². The number of nitrogens with one attached hydrogen (secondary N) is 1. The summed E-state index contributed by atoms with van der Waals surface area (Å²) in [6, 6.07) is 20.4. The van der Waals surface area contributed by atoms with Gasteiger partial charge in [-0.1, -0.05) is 48.0 Å². The molecule has 3 aromatic rings. The Hall–Kier alpha value is -3.75. The Morgan fingerprint density at radius 2 is 1.88 bits per heavy atom. The van der Waals surface area contributed by atoms with Crippen molar-refractivity contribution in [2.75, 3.05) is 12.4 Å². The van der Waals surface area contributed by atoms with Crippen LogP contribution in [-0.2, 0) is 11.4 Å². The number of carbonyl (C=O) groups is 1. The van der Waals surface area contributed by atoms with E-state index in [1.165, 1.54) is 13.2 Å². The number of amides is 1. The second-order valence-corrected chi connectivity index (χ2v) is 7.67. The van der Waals surface area contributed by atoms with Crippen LogP contribution < -0.4 is 14.8 Å². The summed E-state index contributed by atoms with van der Waals surface area (Å²) in [5, 5.41) is 13.1. The van der Waals surface area contributed by atoms with Crippen LogP contribution in [0.5, 0.6) is 11.5 Å². The molecular formula is C26H23ClN2O3. The van der Waals surface area contributed by atoms with E-state index in [1.807, 2.05) is 50.2 Å². The molecule has 0 aromatic heterocycles. The summed E-state index contributed by atoms with van der Waals surface area (Å²) in [5.41, 5.74) is 4.03. The molecule has 0 aliphatic carbocycles. The van der Waals surface area contributed by atoms with Crippen LogP contribution in [0.3, 0.4) is 0 Å². The topological polar surface area (TPSA) is 71.3 Å². The van der Waals surface area contributed by atoms with Gasteiger partial charge in [0.1, 0.15) is 18.2 Å². The van der Waals surface area contributed by atoms with Gasteiger partial charge in [0, 0.05) is 16.3 Å². The average molecular weight is 447 g/mol. The first-order valence-corrected chi connectivity index (χ1v) is 10.3. The number of rotatable bonds is 7. The number of ether oxygens (including phenoxy) is 2. The molecule has 32 heavy (non-hydrogen) atoms. The summed E-state index contributed by atoms with van der Waals surface area (Å²) >= 11 is 5.94. The maximum Gasteiger partial charge on any atom is 0.266 e. The van der Waals surface area contributed by atoms with Crippen molar-refractivity contribution in [3.63, 3.8) is 0 Å². The minimum Gasteiger partial charge on any atom is -0.493 e.